The van der Waals surface area contributed by atoms with Crippen LogP contribution in [-0.2, 0) is 0 Å². The number of amides is 1. The molecule has 0 saturated carbocycles. The predicted molar refractivity (Wildman–Crippen MR) is 126 cm³/mol. The molecular weight excluding hydrogens is 418 g/mol. The van der Waals surface area contributed by atoms with Gasteiger partial charge < -0.3 is 19.5 Å². The van der Waals surface area contributed by atoms with Crippen LogP contribution in [0.25, 0.3) is 11.3 Å². The molecule has 0 aliphatic carbocycles. The van der Waals surface area contributed by atoms with Crippen LogP contribution in [0.15, 0.2) is 85.2 Å². The largest absolute Gasteiger partial charge is 0.493 e. The predicted octanol–water partition coefficient (Wildman–Crippen LogP) is 5.60. The van der Waals surface area contributed by atoms with Crippen LogP contribution in [0, 0.1) is 0 Å². The van der Waals surface area contributed by atoms with Crippen LogP contribution in [-0.4, -0.2) is 29.6 Å². The molecule has 0 unspecified atom stereocenters. The van der Waals surface area contributed by atoms with Crippen molar-refractivity contribution in [1.29, 1.82) is 0 Å². The molecule has 33 heavy (non-hydrogen) atoms. The van der Waals surface area contributed by atoms with Crippen molar-refractivity contribution in [3.63, 3.8) is 0 Å². The van der Waals surface area contributed by atoms with Crippen LogP contribution in [0.2, 0.25) is 0 Å². The number of nitrogens with zero attached hydrogens (tertiary/aromatic N) is 2. The molecule has 166 valence electrons. The van der Waals surface area contributed by atoms with Crippen LogP contribution < -0.4 is 19.5 Å². The summed E-state index contributed by atoms with van der Waals surface area (Å²) in [7, 11) is 1.58. The number of carbonyl (C=O) groups is 1. The molecule has 0 radical (unpaired) electrons. The van der Waals surface area contributed by atoms with Crippen molar-refractivity contribution in [2.45, 2.75) is 6.92 Å². The molecule has 1 amide bonds. The molecule has 0 saturated heterocycles. The molecule has 7 nitrogen and oxygen atoms in total. The second-order valence-corrected chi connectivity index (χ2v) is 6.96. The average molecular weight is 441 g/mol. The highest BCUT2D eigenvalue weighted by Gasteiger charge is 2.11. The molecule has 0 fully saturated rings. The Morgan fingerprint density at radius 3 is 2.30 bits per heavy atom. The molecule has 1 N–H and O–H groups in total. The van der Waals surface area contributed by atoms with Crippen molar-refractivity contribution >= 4 is 11.6 Å². The number of hydrogen-bond donors (Lipinski definition) is 1. The number of carbonyl (C=O) groups excluding carboxylic acids is 1. The second-order valence-electron chi connectivity index (χ2n) is 6.96. The van der Waals surface area contributed by atoms with Gasteiger partial charge in [0.1, 0.15) is 12.1 Å². The van der Waals surface area contributed by atoms with E-state index in [0.29, 0.717) is 46.7 Å². The molecule has 0 aliphatic rings. The molecule has 4 aromatic rings. The summed E-state index contributed by atoms with van der Waals surface area (Å²) in [5, 5.41) is 2.90. The van der Waals surface area contributed by atoms with Gasteiger partial charge in [-0.1, -0.05) is 36.4 Å². The van der Waals surface area contributed by atoms with Gasteiger partial charge in [-0.15, -0.1) is 0 Å². The van der Waals surface area contributed by atoms with Crippen LogP contribution in [0.5, 0.6) is 23.1 Å². The van der Waals surface area contributed by atoms with Crippen LogP contribution in [0.1, 0.15) is 17.3 Å². The highest BCUT2D eigenvalue weighted by molar-refractivity contribution is 6.05. The van der Waals surface area contributed by atoms with Gasteiger partial charge in [-0.2, -0.15) is 0 Å². The van der Waals surface area contributed by atoms with Gasteiger partial charge in [-0.05, 0) is 43.3 Å². The summed E-state index contributed by atoms with van der Waals surface area (Å²) in [5.41, 5.74) is 2.64. The Labute approximate surface area is 192 Å². The number of hydrogen-bond acceptors (Lipinski definition) is 6. The number of aromatic nitrogens is 2. The minimum atomic E-state index is -0.225. The zero-order valence-corrected chi connectivity index (χ0v) is 18.3. The molecule has 3 aromatic carbocycles. The van der Waals surface area contributed by atoms with E-state index in [9.17, 15) is 4.79 Å². The molecule has 0 aliphatic heterocycles. The van der Waals surface area contributed by atoms with Crippen LogP contribution in [0.4, 0.5) is 5.69 Å². The van der Waals surface area contributed by atoms with E-state index in [0.717, 1.165) is 5.56 Å². The number of nitrogens with one attached hydrogen (secondary N) is 1. The molecular formula is C26H23N3O4. The van der Waals surface area contributed by atoms with Crippen molar-refractivity contribution < 1.29 is 19.0 Å². The van der Waals surface area contributed by atoms with Gasteiger partial charge in [0.25, 0.3) is 5.91 Å². The fourth-order valence-electron chi connectivity index (χ4n) is 3.21. The Morgan fingerprint density at radius 1 is 0.879 bits per heavy atom. The standard InChI is InChI=1S/C26H23N3O4/c1-3-32-22-9-5-4-8-20(22)29-26(30)19-14-12-18(13-15-19)21-16-25(28-17-27-21)33-24-11-7-6-10-23(24)31-2/h4-17H,3H2,1-2H3,(H,29,30). The maximum atomic E-state index is 12.7. The Kier molecular flexibility index (Phi) is 6.80. The van der Waals surface area contributed by atoms with Crippen LogP contribution >= 0.6 is 0 Å². The first-order chi connectivity index (χ1) is 16.2. The monoisotopic (exact) mass is 441 g/mol. The van der Waals surface area contributed by atoms with E-state index in [-0.39, 0.29) is 5.91 Å². The summed E-state index contributed by atoms with van der Waals surface area (Å²) in [6.45, 7) is 2.42. The van der Waals surface area contributed by atoms with Gasteiger partial charge in [-0.3, -0.25) is 4.79 Å². The lowest BCUT2D eigenvalue weighted by Crippen LogP contribution is -2.12. The maximum absolute atomic E-state index is 12.7. The molecule has 7 heteroatoms. The van der Waals surface area contributed by atoms with E-state index in [1.807, 2.05) is 55.5 Å². The minimum absolute atomic E-state index is 0.225. The first-order valence-corrected chi connectivity index (χ1v) is 10.4. The van der Waals surface area contributed by atoms with Gasteiger partial charge in [0.2, 0.25) is 5.88 Å². The SMILES string of the molecule is CCOc1ccccc1NC(=O)c1ccc(-c2cc(Oc3ccccc3OC)ncn2)cc1. The number of anilines is 1. The Morgan fingerprint density at radius 2 is 1.58 bits per heavy atom. The third kappa shape index (κ3) is 5.27. The van der Waals surface area contributed by atoms with Gasteiger partial charge in [0.05, 0.1) is 25.1 Å². The molecule has 0 bridgehead atoms. The number of rotatable bonds is 8. The molecule has 1 aromatic heterocycles. The lowest BCUT2D eigenvalue weighted by molar-refractivity contribution is 0.102. The summed E-state index contributed by atoms with van der Waals surface area (Å²) in [6.07, 6.45) is 1.44. The number of ether oxygens (including phenoxy) is 3. The Bertz CT molecular complexity index is 1240. The molecule has 1 heterocycles. The topological polar surface area (TPSA) is 82.6 Å². The van der Waals surface area contributed by atoms with Gasteiger partial charge in [0, 0.05) is 17.2 Å². The highest BCUT2D eigenvalue weighted by atomic mass is 16.5. The van der Waals surface area contributed by atoms with Crippen LogP contribution in [0.3, 0.4) is 0 Å². The smallest absolute Gasteiger partial charge is 0.255 e. The van der Waals surface area contributed by atoms with Crippen molar-refractivity contribution in [2.24, 2.45) is 0 Å². The first kappa shape index (κ1) is 21.8. The van der Waals surface area contributed by atoms with E-state index in [1.165, 1.54) is 6.33 Å². The van der Waals surface area contributed by atoms with E-state index in [1.54, 1.807) is 37.4 Å². The maximum Gasteiger partial charge on any atom is 0.255 e. The van der Waals surface area contributed by atoms with Crippen molar-refractivity contribution in [3.8, 4) is 34.4 Å². The fourth-order valence-corrected chi connectivity index (χ4v) is 3.21. The quantitative estimate of drug-likeness (QED) is 0.383. The summed E-state index contributed by atoms with van der Waals surface area (Å²) >= 11 is 0. The van der Waals surface area contributed by atoms with Gasteiger partial charge in [0.15, 0.2) is 11.5 Å². The lowest BCUT2D eigenvalue weighted by atomic mass is 10.1. The summed E-state index contributed by atoms with van der Waals surface area (Å²) in [5.74, 6) is 1.96. The zero-order valence-electron chi connectivity index (χ0n) is 18.3. The van der Waals surface area contributed by atoms with Gasteiger partial charge >= 0.3 is 0 Å². The number of para-hydroxylation sites is 4. The summed E-state index contributed by atoms with van der Waals surface area (Å²) in [4.78, 5) is 21.2. The van der Waals surface area contributed by atoms with Crippen molar-refractivity contribution in [1.82, 2.24) is 9.97 Å². The fraction of sp³-hybridized carbons (Fsp3) is 0.115. The molecule has 0 atom stereocenters. The summed E-state index contributed by atoms with van der Waals surface area (Å²) < 4.78 is 16.8. The molecule has 4 rings (SSSR count). The zero-order chi connectivity index (χ0) is 23.0. The summed E-state index contributed by atoms with van der Waals surface area (Å²) in [6, 6.07) is 23.6. The first-order valence-electron chi connectivity index (χ1n) is 10.4. The van der Waals surface area contributed by atoms with E-state index < -0.39 is 0 Å². The highest BCUT2D eigenvalue weighted by Crippen LogP contribution is 2.31. The van der Waals surface area contributed by atoms with E-state index in [2.05, 4.69) is 15.3 Å². The average Bonchev–Trinajstić information content (AvgIpc) is 2.86. The Hall–Kier alpha value is -4.39. The van der Waals surface area contributed by atoms with Crippen molar-refractivity contribution in [3.05, 3.63) is 90.8 Å². The normalized spacial score (nSPS) is 10.4. The number of benzene rings is 3. The number of methoxy groups -OCH3 is 1. The van der Waals surface area contributed by atoms with Gasteiger partial charge in [-0.25, -0.2) is 9.97 Å². The third-order valence-electron chi connectivity index (χ3n) is 4.80. The molecule has 0 spiro atoms. The third-order valence-corrected chi connectivity index (χ3v) is 4.80. The Balaban J connectivity index is 1.49. The lowest BCUT2D eigenvalue weighted by Gasteiger charge is -2.11. The van der Waals surface area contributed by atoms with Crippen molar-refractivity contribution in [2.75, 3.05) is 19.0 Å². The minimum Gasteiger partial charge on any atom is -0.493 e. The van der Waals surface area contributed by atoms with E-state index in [4.69, 9.17) is 14.2 Å². The second kappa shape index (κ2) is 10.3. The van der Waals surface area contributed by atoms with E-state index >= 15 is 0 Å².